The van der Waals surface area contributed by atoms with Crippen LogP contribution in [-0.4, -0.2) is 30.5 Å². The molecule has 1 heterocycles. The van der Waals surface area contributed by atoms with Crippen LogP contribution in [0.1, 0.15) is 73.1 Å². The third-order valence-corrected chi connectivity index (χ3v) is 5.56. The minimum atomic E-state index is -0.0802. The lowest BCUT2D eigenvalue weighted by atomic mass is 9.68. The minimum Gasteiger partial charge on any atom is -0.375 e. The predicted molar refractivity (Wildman–Crippen MR) is 87.3 cm³/mol. The summed E-state index contributed by atoms with van der Waals surface area (Å²) in [5.41, 5.74) is 6.45. The van der Waals surface area contributed by atoms with E-state index in [-0.39, 0.29) is 5.60 Å². The summed E-state index contributed by atoms with van der Waals surface area (Å²) in [7, 11) is 0. The van der Waals surface area contributed by atoms with Crippen molar-refractivity contribution in [3.8, 4) is 0 Å². The fourth-order valence-electron chi connectivity index (χ4n) is 4.17. The van der Waals surface area contributed by atoms with Crippen LogP contribution < -0.4 is 5.73 Å². The van der Waals surface area contributed by atoms with E-state index in [0.717, 1.165) is 31.6 Å². The molecule has 2 rings (SSSR count). The van der Waals surface area contributed by atoms with Gasteiger partial charge in [-0.2, -0.15) is 0 Å². The Hall–Kier alpha value is -0.120. The van der Waals surface area contributed by atoms with Crippen LogP contribution >= 0.6 is 0 Å². The van der Waals surface area contributed by atoms with E-state index < -0.39 is 0 Å². The molecule has 3 heteroatoms. The van der Waals surface area contributed by atoms with Crippen molar-refractivity contribution in [2.24, 2.45) is 17.1 Å². The van der Waals surface area contributed by atoms with E-state index >= 15 is 0 Å². The SMILES string of the molecule is CC1CC(OC2(CN)CCC(C(C)(C)C)CC2)CC(C)O1. The normalized spacial score (nSPS) is 42.0. The number of rotatable bonds is 3. The zero-order chi connectivity index (χ0) is 15.7. The molecule has 2 aliphatic rings. The van der Waals surface area contributed by atoms with E-state index in [1.54, 1.807) is 0 Å². The summed E-state index contributed by atoms with van der Waals surface area (Å²) in [6, 6.07) is 0. The van der Waals surface area contributed by atoms with Gasteiger partial charge in [-0.1, -0.05) is 20.8 Å². The Morgan fingerprint density at radius 3 is 2.05 bits per heavy atom. The lowest BCUT2D eigenvalue weighted by Gasteiger charge is -2.46. The topological polar surface area (TPSA) is 44.5 Å². The van der Waals surface area contributed by atoms with E-state index in [0.29, 0.717) is 30.3 Å². The van der Waals surface area contributed by atoms with Gasteiger partial charge in [0, 0.05) is 6.54 Å². The molecule has 0 aromatic carbocycles. The van der Waals surface area contributed by atoms with E-state index in [9.17, 15) is 0 Å². The highest BCUT2D eigenvalue weighted by Crippen LogP contribution is 2.43. The van der Waals surface area contributed by atoms with Gasteiger partial charge in [-0.05, 0) is 63.7 Å². The van der Waals surface area contributed by atoms with Crippen molar-refractivity contribution in [1.82, 2.24) is 0 Å². The van der Waals surface area contributed by atoms with Gasteiger partial charge < -0.3 is 15.2 Å². The average molecular weight is 297 g/mol. The van der Waals surface area contributed by atoms with Crippen molar-refractivity contribution in [1.29, 1.82) is 0 Å². The van der Waals surface area contributed by atoms with Gasteiger partial charge in [0.15, 0.2) is 0 Å². The maximum absolute atomic E-state index is 6.57. The zero-order valence-electron chi connectivity index (χ0n) is 14.7. The van der Waals surface area contributed by atoms with Crippen LogP contribution in [0.2, 0.25) is 0 Å². The molecule has 1 saturated heterocycles. The Labute approximate surface area is 130 Å². The molecule has 0 aromatic heterocycles. The minimum absolute atomic E-state index is 0.0802. The first-order valence-corrected chi connectivity index (χ1v) is 8.77. The molecule has 2 unspecified atom stereocenters. The smallest absolute Gasteiger partial charge is 0.0808 e. The van der Waals surface area contributed by atoms with E-state index in [2.05, 4.69) is 34.6 Å². The number of ether oxygens (including phenoxy) is 2. The van der Waals surface area contributed by atoms with Crippen LogP contribution in [0.4, 0.5) is 0 Å². The lowest BCUT2D eigenvalue weighted by molar-refractivity contribution is -0.169. The molecule has 2 fully saturated rings. The van der Waals surface area contributed by atoms with Gasteiger partial charge in [0.1, 0.15) is 0 Å². The molecule has 21 heavy (non-hydrogen) atoms. The molecule has 2 atom stereocenters. The van der Waals surface area contributed by atoms with Crippen molar-refractivity contribution in [2.75, 3.05) is 6.54 Å². The summed E-state index contributed by atoms with van der Waals surface area (Å²) in [6.07, 6.45) is 7.67. The van der Waals surface area contributed by atoms with Crippen LogP contribution in [0.5, 0.6) is 0 Å². The summed E-state index contributed by atoms with van der Waals surface area (Å²) < 4.78 is 12.4. The molecule has 0 amide bonds. The van der Waals surface area contributed by atoms with Crippen LogP contribution in [0.15, 0.2) is 0 Å². The van der Waals surface area contributed by atoms with Crippen molar-refractivity contribution in [3.63, 3.8) is 0 Å². The molecular formula is C18H35NO2. The van der Waals surface area contributed by atoms with Crippen molar-refractivity contribution < 1.29 is 9.47 Å². The molecule has 1 saturated carbocycles. The first kappa shape index (κ1) is 17.2. The van der Waals surface area contributed by atoms with Gasteiger partial charge in [0.25, 0.3) is 0 Å². The quantitative estimate of drug-likeness (QED) is 0.859. The monoisotopic (exact) mass is 297 g/mol. The summed E-state index contributed by atoms with van der Waals surface area (Å²) >= 11 is 0. The molecule has 124 valence electrons. The second-order valence-electron chi connectivity index (χ2n) is 8.50. The highest BCUT2D eigenvalue weighted by Gasteiger charge is 2.41. The second-order valence-corrected chi connectivity index (χ2v) is 8.50. The van der Waals surface area contributed by atoms with E-state index in [1.165, 1.54) is 12.8 Å². The second kappa shape index (κ2) is 6.55. The molecule has 0 bridgehead atoms. The average Bonchev–Trinajstić information content (AvgIpc) is 2.37. The maximum atomic E-state index is 6.57. The van der Waals surface area contributed by atoms with Crippen LogP contribution in [0, 0.1) is 11.3 Å². The highest BCUT2D eigenvalue weighted by molar-refractivity contribution is 4.93. The van der Waals surface area contributed by atoms with E-state index in [1.807, 2.05) is 0 Å². The Morgan fingerprint density at radius 1 is 1.10 bits per heavy atom. The van der Waals surface area contributed by atoms with Gasteiger partial charge in [0.05, 0.1) is 23.9 Å². The van der Waals surface area contributed by atoms with Gasteiger partial charge in [0.2, 0.25) is 0 Å². The van der Waals surface area contributed by atoms with Gasteiger partial charge in [-0.3, -0.25) is 0 Å². The molecule has 0 radical (unpaired) electrons. The number of hydrogen-bond donors (Lipinski definition) is 1. The number of hydrogen-bond acceptors (Lipinski definition) is 3. The lowest BCUT2D eigenvalue weighted by Crippen LogP contribution is -2.49. The molecule has 0 aromatic rings. The largest absolute Gasteiger partial charge is 0.375 e. The molecule has 2 N–H and O–H groups in total. The fraction of sp³-hybridized carbons (Fsp3) is 1.00. The van der Waals surface area contributed by atoms with Gasteiger partial charge in [-0.15, -0.1) is 0 Å². The molecule has 0 spiro atoms. The van der Waals surface area contributed by atoms with Crippen molar-refractivity contribution in [3.05, 3.63) is 0 Å². The predicted octanol–water partition coefficient (Wildman–Crippen LogP) is 3.89. The summed E-state index contributed by atoms with van der Waals surface area (Å²) in [4.78, 5) is 0. The summed E-state index contributed by atoms with van der Waals surface area (Å²) in [5.74, 6) is 0.799. The van der Waals surface area contributed by atoms with E-state index in [4.69, 9.17) is 15.2 Å². The molecule has 1 aliphatic heterocycles. The van der Waals surface area contributed by atoms with Gasteiger partial charge in [-0.25, -0.2) is 0 Å². The first-order valence-electron chi connectivity index (χ1n) is 8.77. The molecular weight excluding hydrogens is 262 g/mol. The first-order chi connectivity index (χ1) is 9.74. The Bertz CT molecular complexity index is 319. The molecule has 1 aliphatic carbocycles. The maximum Gasteiger partial charge on any atom is 0.0808 e. The van der Waals surface area contributed by atoms with Crippen molar-refractivity contribution in [2.45, 2.75) is 97.1 Å². The summed E-state index contributed by atoms with van der Waals surface area (Å²) in [6.45, 7) is 12.0. The fourth-order valence-corrected chi connectivity index (χ4v) is 4.17. The number of nitrogens with two attached hydrogens (primary N) is 1. The summed E-state index contributed by atoms with van der Waals surface area (Å²) in [5, 5.41) is 0. The Kier molecular flexibility index (Phi) is 5.38. The van der Waals surface area contributed by atoms with Gasteiger partial charge >= 0.3 is 0 Å². The zero-order valence-corrected chi connectivity index (χ0v) is 14.7. The van der Waals surface area contributed by atoms with Crippen LogP contribution in [-0.2, 0) is 9.47 Å². The Morgan fingerprint density at radius 2 is 1.62 bits per heavy atom. The van der Waals surface area contributed by atoms with Crippen molar-refractivity contribution >= 4 is 0 Å². The highest BCUT2D eigenvalue weighted by atomic mass is 16.5. The molecule has 3 nitrogen and oxygen atoms in total. The van der Waals surface area contributed by atoms with Crippen LogP contribution in [0.25, 0.3) is 0 Å². The third-order valence-electron chi connectivity index (χ3n) is 5.56. The third kappa shape index (κ3) is 4.43. The van der Waals surface area contributed by atoms with Crippen LogP contribution in [0.3, 0.4) is 0 Å². The standard InChI is InChI=1S/C18H35NO2/c1-13-10-16(11-14(2)20-13)21-18(12-19)8-6-15(7-9-18)17(3,4)5/h13-16H,6-12,19H2,1-5H3. The Balaban J connectivity index is 1.94.